The summed E-state index contributed by atoms with van der Waals surface area (Å²) in [4.78, 5) is 38.9. The van der Waals surface area contributed by atoms with E-state index in [9.17, 15) is 14.4 Å². The average Bonchev–Trinajstić information content (AvgIpc) is 2.38. The molecule has 0 spiro atoms. The highest BCUT2D eigenvalue weighted by atomic mass is 16.4. The third kappa shape index (κ3) is 5.04. The van der Waals surface area contributed by atoms with Crippen LogP contribution in [0, 0.1) is 0 Å². The third-order valence-corrected chi connectivity index (χ3v) is 3.08. The van der Waals surface area contributed by atoms with Crippen molar-refractivity contribution >= 4 is 17.9 Å². The van der Waals surface area contributed by atoms with Crippen LogP contribution in [0.3, 0.4) is 0 Å². The van der Waals surface area contributed by atoms with Crippen LogP contribution in [0.15, 0.2) is 0 Å². The fourth-order valence-electron chi connectivity index (χ4n) is 2.07. The predicted octanol–water partition coefficient (Wildman–Crippen LogP) is -1.12. The van der Waals surface area contributed by atoms with E-state index in [1.807, 2.05) is 6.92 Å². The lowest BCUT2D eigenvalue weighted by Gasteiger charge is -2.35. The van der Waals surface area contributed by atoms with Crippen LogP contribution in [0.2, 0.25) is 0 Å². The number of nitrogens with zero attached hydrogens (tertiary/aromatic N) is 3. The first-order valence-corrected chi connectivity index (χ1v) is 6.65. The van der Waals surface area contributed by atoms with Crippen LogP contribution in [-0.2, 0) is 9.59 Å². The third-order valence-electron chi connectivity index (χ3n) is 3.08. The fourth-order valence-corrected chi connectivity index (χ4v) is 2.07. The monoisotopic (exact) mass is 286 g/mol. The van der Waals surface area contributed by atoms with Crippen molar-refractivity contribution in [3.63, 3.8) is 0 Å². The highest BCUT2D eigenvalue weighted by Crippen LogP contribution is 2.04. The Hall–Kier alpha value is -1.83. The molecular formula is C12H22N4O4. The first-order valence-electron chi connectivity index (χ1n) is 6.65. The number of hydrogen-bond donors (Lipinski definition) is 2. The minimum absolute atomic E-state index is 0.00320. The number of nitrogens with one attached hydrogen (secondary N) is 1. The number of piperazine rings is 1. The molecule has 8 heteroatoms. The topological polar surface area (TPSA) is 93.2 Å². The van der Waals surface area contributed by atoms with Gasteiger partial charge in [-0.3, -0.25) is 14.5 Å². The van der Waals surface area contributed by atoms with Gasteiger partial charge in [-0.1, -0.05) is 0 Å². The number of carboxylic acids is 1. The van der Waals surface area contributed by atoms with Crippen molar-refractivity contribution in [1.82, 2.24) is 20.0 Å². The Kier molecular flexibility index (Phi) is 6.23. The zero-order valence-corrected chi connectivity index (χ0v) is 12.0. The normalized spacial score (nSPS) is 15.8. The van der Waals surface area contributed by atoms with E-state index in [-0.39, 0.29) is 25.0 Å². The molecule has 0 radical (unpaired) electrons. The summed E-state index contributed by atoms with van der Waals surface area (Å²) < 4.78 is 0. The highest BCUT2D eigenvalue weighted by molar-refractivity contribution is 5.83. The first kappa shape index (κ1) is 16.2. The second-order valence-electron chi connectivity index (χ2n) is 4.75. The van der Waals surface area contributed by atoms with Gasteiger partial charge in [0.05, 0.1) is 6.54 Å². The molecule has 0 aromatic carbocycles. The second-order valence-corrected chi connectivity index (χ2v) is 4.75. The standard InChI is InChI=1S/C12H22N4O4/c1-3-13-10(17)8-14(2)12(20)16-6-4-15(5-7-16)9-11(18)19/h3-9H2,1-2H3,(H,13,17)(H,18,19). The van der Waals surface area contributed by atoms with Crippen LogP contribution in [0.1, 0.15) is 6.92 Å². The summed E-state index contributed by atoms with van der Waals surface area (Å²) in [6, 6.07) is -0.203. The molecule has 20 heavy (non-hydrogen) atoms. The fraction of sp³-hybridized carbons (Fsp3) is 0.750. The Balaban J connectivity index is 2.38. The molecule has 0 atom stereocenters. The molecule has 1 fully saturated rings. The molecule has 0 aromatic rings. The molecule has 0 saturated carbocycles. The molecule has 0 aromatic heterocycles. The van der Waals surface area contributed by atoms with E-state index in [0.29, 0.717) is 32.7 Å². The maximum Gasteiger partial charge on any atom is 0.320 e. The summed E-state index contributed by atoms with van der Waals surface area (Å²) in [5, 5.41) is 11.3. The summed E-state index contributed by atoms with van der Waals surface area (Å²) >= 11 is 0. The zero-order chi connectivity index (χ0) is 15.1. The minimum atomic E-state index is -0.863. The van der Waals surface area contributed by atoms with Gasteiger partial charge in [-0.05, 0) is 6.92 Å². The van der Waals surface area contributed by atoms with Crippen molar-refractivity contribution in [3.05, 3.63) is 0 Å². The van der Waals surface area contributed by atoms with Gasteiger partial charge >= 0.3 is 12.0 Å². The van der Waals surface area contributed by atoms with Gasteiger partial charge in [-0.15, -0.1) is 0 Å². The molecule has 0 unspecified atom stereocenters. The number of urea groups is 1. The van der Waals surface area contributed by atoms with E-state index in [1.165, 1.54) is 4.90 Å². The van der Waals surface area contributed by atoms with Crippen molar-refractivity contribution in [2.24, 2.45) is 0 Å². The van der Waals surface area contributed by atoms with Gasteiger partial charge in [0.2, 0.25) is 5.91 Å². The number of likely N-dealkylation sites (N-methyl/N-ethyl adjacent to an activating group) is 2. The quantitative estimate of drug-likeness (QED) is 0.667. The predicted molar refractivity (Wildman–Crippen MR) is 72.4 cm³/mol. The number of aliphatic carboxylic acids is 1. The molecular weight excluding hydrogens is 264 g/mol. The summed E-state index contributed by atoms with van der Waals surface area (Å²) in [6.45, 7) is 4.41. The van der Waals surface area contributed by atoms with Crippen LogP contribution in [-0.4, -0.2) is 90.6 Å². The van der Waals surface area contributed by atoms with Gasteiger partial charge < -0.3 is 20.2 Å². The van der Waals surface area contributed by atoms with Gasteiger partial charge in [-0.25, -0.2) is 4.79 Å². The number of carboxylic acid groups (broad SMARTS) is 1. The molecule has 1 aliphatic rings. The molecule has 2 N–H and O–H groups in total. The Labute approximate surface area is 118 Å². The van der Waals surface area contributed by atoms with Gasteiger partial charge in [0, 0.05) is 39.8 Å². The molecule has 8 nitrogen and oxygen atoms in total. The van der Waals surface area contributed by atoms with Gasteiger partial charge in [-0.2, -0.15) is 0 Å². The smallest absolute Gasteiger partial charge is 0.320 e. The van der Waals surface area contributed by atoms with E-state index in [2.05, 4.69) is 5.32 Å². The second kappa shape index (κ2) is 7.68. The lowest BCUT2D eigenvalue weighted by molar-refractivity contribution is -0.138. The summed E-state index contributed by atoms with van der Waals surface area (Å²) in [6.07, 6.45) is 0. The van der Waals surface area contributed by atoms with Crippen molar-refractivity contribution in [2.75, 3.05) is 52.9 Å². The van der Waals surface area contributed by atoms with E-state index in [1.54, 1.807) is 16.8 Å². The Morgan fingerprint density at radius 2 is 1.80 bits per heavy atom. The average molecular weight is 286 g/mol. The van der Waals surface area contributed by atoms with Crippen molar-refractivity contribution in [3.8, 4) is 0 Å². The molecule has 3 amide bonds. The molecule has 1 rings (SSSR count). The van der Waals surface area contributed by atoms with Crippen LogP contribution >= 0.6 is 0 Å². The van der Waals surface area contributed by atoms with Crippen LogP contribution in [0.25, 0.3) is 0 Å². The number of rotatable bonds is 5. The number of hydrogen-bond acceptors (Lipinski definition) is 4. The summed E-state index contributed by atoms with van der Waals surface area (Å²) in [5.74, 6) is -1.05. The largest absolute Gasteiger partial charge is 0.480 e. The highest BCUT2D eigenvalue weighted by Gasteiger charge is 2.25. The number of amides is 3. The van der Waals surface area contributed by atoms with Crippen LogP contribution in [0.4, 0.5) is 4.79 Å². The minimum Gasteiger partial charge on any atom is -0.480 e. The molecule has 1 aliphatic heterocycles. The summed E-state index contributed by atoms with van der Waals surface area (Å²) in [5.41, 5.74) is 0. The van der Waals surface area contributed by atoms with Crippen LogP contribution in [0.5, 0.6) is 0 Å². The summed E-state index contributed by atoms with van der Waals surface area (Å²) in [7, 11) is 1.58. The van der Waals surface area contributed by atoms with Gasteiger partial charge in [0.1, 0.15) is 6.54 Å². The maximum atomic E-state index is 12.1. The lowest BCUT2D eigenvalue weighted by Crippen LogP contribution is -2.54. The Morgan fingerprint density at radius 1 is 1.20 bits per heavy atom. The van der Waals surface area contributed by atoms with Crippen LogP contribution < -0.4 is 5.32 Å². The first-order chi connectivity index (χ1) is 9.43. The number of carbonyl (C=O) groups is 3. The molecule has 1 saturated heterocycles. The molecule has 1 heterocycles. The Bertz CT molecular complexity index is 366. The van der Waals surface area contributed by atoms with Crippen molar-refractivity contribution in [1.29, 1.82) is 0 Å². The van der Waals surface area contributed by atoms with E-state index >= 15 is 0 Å². The Morgan fingerprint density at radius 3 is 2.30 bits per heavy atom. The SMILES string of the molecule is CCNC(=O)CN(C)C(=O)N1CCN(CC(=O)O)CC1. The molecule has 0 aliphatic carbocycles. The van der Waals surface area contributed by atoms with Crippen molar-refractivity contribution in [2.45, 2.75) is 6.92 Å². The van der Waals surface area contributed by atoms with Gasteiger partial charge in [0.15, 0.2) is 0 Å². The van der Waals surface area contributed by atoms with E-state index < -0.39 is 5.97 Å². The van der Waals surface area contributed by atoms with E-state index in [0.717, 1.165) is 0 Å². The number of carbonyl (C=O) groups excluding carboxylic acids is 2. The molecule has 0 bridgehead atoms. The lowest BCUT2D eigenvalue weighted by atomic mass is 10.3. The molecule has 114 valence electrons. The van der Waals surface area contributed by atoms with Gasteiger partial charge in [0.25, 0.3) is 0 Å². The van der Waals surface area contributed by atoms with E-state index in [4.69, 9.17) is 5.11 Å². The van der Waals surface area contributed by atoms with Crippen molar-refractivity contribution < 1.29 is 19.5 Å². The maximum absolute atomic E-state index is 12.1. The zero-order valence-electron chi connectivity index (χ0n) is 12.0.